The minimum atomic E-state index is 0.0948. The Morgan fingerprint density at radius 1 is 1.43 bits per heavy atom. The first-order valence-corrected chi connectivity index (χ1v) is 4.46. The molecule has 0 saturated heterocycles. The molecular formula is C10H8ClNO2. The van der Waals surface area contributed by atoms with E-state index in [1.807, 2.05) is 0 Å². The fourth-order valence-electron chi connectivity index (χ4n) is 1.28. The lowest BCUT2D eigenvalue weighted by Gasteiger charge is -2.03. The van der Waals surface area contributed by atoms with Gasteiger partial charge < -0.3 is 9.52 Å². The van der Waals surface area contributed by atoms with Gasteiger partial charge in [-0.15, -0.1) is 0 Å². The van der Waals surface area contributed by atoms with Crippen LogP contribution in [0.4, 0.5) is 0 Å². The van der Waals surface area contributed by atoms with Gasteiger partial charge in [-0.2, -0.15) is 0 Å². The maximum Gasteiger partial charge on any atom is 0.181 e. The number of aromatic nitrogens is 1. The standard InChI is InChI=1S/C10H8ClNO2/c1-6-10(14-5-12-6)9-7(11)3-2-4-8(9)13/h2-5,13H,1H3. The summed E-state index contributed by atoms with van der Waals surface area (Å²) in [6.45, 7) is 1.79. The van der Waals surface area contributed by atoms with Crippen molar-refractivity contribution in [3.05, 3.63) is 35.3 Å². The van der Waals surface area contributed by atoms with Crippen molar-refractivity contribution in [2.24, 2.45) is 0 Å². The molecule has 0 atom stereocenters. The van der Waals surface area contributed by atoms with Gasteiger partial charge in [0.2, 0.25) is 0 Å². The number of phenols is 1. The van der Waals surface area contributed by atoms with E-state index < -0.39 is 0 Å². The summed E-state index contributed by atoms with van der Waals surface area (Å²) in [5.74, 6) is 0.602. The summed E-state index contributed by atoms with van der Waals surface area (Å²) in [6.07, 6.45) is 1.33. The first-order valence-electron chi connectivity index (χ1n) is 4.08. The zero-order valence-corrected chi connectivity index (χ0v) is 8.25. The van der Waals surface area contributed by atoms with Crippen LogP contribution in [0.3, 0.4) is 0 Å². The molecule has 0 fully saturated rings. The SMILES string of the molecule is Cc1ncoc1-c1c(O)cccc1Cl. The molecule has 0 aliphatic carbocycles. The number of rotatable bonds is 1. The highest BCUT2D eigenvalue weighted by molar-refractivity contribution is 6.33. The van der Waals surface area contributed by atoms with Crippen LogP contribution in [0.2, 0.25) is 5.02 Å². The lowest BCUT2D eigenvalue weighted by atomic mass is 10.1. The van der Waals surface area contributed by atoms with Gasteiger partial charge in [-0.3, -0.25) is 0 Å². The maximum atomic E-state index is 9.62. The molecule has 1 N–H and O–H groups in total. The van der Waals surface area contributed by atoms with E-state index in [2.05, 4.69) is 4.98 Å². The van der Waals surface area contributed by atoms with E-state index in [-0.39, 0.29) is 5.75 Å². The molecule has 0 aliphatic rings. The van der Waals surface area contributed by atoms with E-state index in [1.54, 1.807) is 25.1 Å². The Hall–Kier alpha value is -1.48. The quantitative estimate of drug-likeness (QED) is 0.785. The number of aryl methyl sites for hydroxylation is 1. The topological polar surface area (TPSA) is 46.3 Å². The van der Waals surface area contributed by atoms with Gasteiger partial charge in [0, 0.05) is 0 Å². The van der Waals surface area contributed by atoms with E-state index >= 15 is 0 Å². The Morgan fingerprint density at radius 2 is 2.21 bits per heavy atom. The largest absolute Gasteiger partial charge is 0.507 e. The Kier molecular flexibility index (Phi) is 2.17. The molecule has 14 heavy (non-hydrogen) atoms. The molecule has 1 aromatic heterocycles. The molecule has 0 amide bonds. The van der Waals surface area contributed by atoms with Gasteiger partial charge >= 0.3 is 0 Å². The minimum absolute atomic E-state index is 0.0948. The van der Waals surface area contributed by atoms with Crippen molar-refractivity contribution in [1.82, 2.24) is 4.98 Å². The third kappa shape index (κ3) is 1.36. The van der Waals surface area contributed by atoms with Crippen molar-refractivity contribution in [2.75, 3.05) is 0 Å². The average Bonchev–Trinajstić information content (AvgIpc) is 2.52. The number of nitrogens with zero attached hydrogens (tertiary/aromatic N) is 1. The maximum absolute atomic E-state index is 9.62. The molecule has 72 valence electrons. The van der Waals surface area contributed by atoms with Crippen LogP contribution in [0.5, 0.6) is 5.75 Å². The van der Waals surface area contributed by atoms with E-state index in [9.17, 15) is 5.11 Å². The smallest absolute Gasteiger partial charge is 0.181 e. The summed E-state index contributed by atoms with van der Waals surface area (Å²) < 4.78 is 5.16. The van der Waals surface area contributed by atoms with Crippen LogP contribution in [0.15, 0.2) is 29.0 Å². The van der Waals surface area contributed by atoms with Crippen molar-refractivity contribution in [1.29, 1.82) is 0 Å². The van der Waals surface area contributed by atoms with Crippen LogP contribution in [-0.4, -0.2) is 10.1 Å². The normalized spacial score (nSPS) is 10.4. The van der Waals surface area contributed by atoms with Gasteiger partial charge in [0.1, 0.15) is 5.75 Å². The van der Waals surface area contributed by atoms with E-state index in [0.29, 0.717) is 22.0 Å². The van der Waals surface area contributed by atoms with E-state index in [4.69, 9.17) is 16.0 Å². The summed E-state index contributed by atoms with van der Waals surface area (Å²) in [5.41, 5.74) is 1.19. The average molecular weight is 210 g/mol. The minimum Gasteiger partial charge on any atom is -0.507 e. The second-order valence-corrected chi connectivity index (χ2v) is 3.31. The molecule has 0 spiro atoms. The van der Waals surface area contributed by atoms with Gasteiger partial charge in [0.15, 0.2) is 12.2 Å². The lowest BCUT2D eigenvalue weighted by Crippen LogP contribution is -1.81. The molecule has 2 rings (SSSR count). The number of benzene rings is 1. The zero-order chi connectivity index (χ0) is 10.1. The molecule has 2 aromatic rings. The van der Waals surface area contributed by atoms with Crippen molar-refractivity contribution < 1.29 is 9.52 Å². The molecule has 0 unspecified atom stereocenters. The van der Waals surface area contributed by atoms with E-state index in [0.717, 1.165) is 0 Å². The Labute approximate surface area is 86.0 Å². The van der Waals surface area contributed by atoms with Crippen LogP contribution >= 0.6 is 11.6 Å². The molecule has 3 nitrogen and oxygen atoms in total. The number of phenolic OH excluding ortho intramolecular Hbond substituents is 1. The second-order valence-electron chi connectivity index (χ2n) is 2.90. The number of halogens is 1. The fourth-order valence-corrected chi connectivity index (χ4v) is 1.53. The predicted octanol–water partition coefficient (Wildman–Crippen LogP) is 3.01. The highest BCUT2D eigenvalue weighted by Gasteiger charge is 2.14. The van der Waals surface area contributed by atoms with Crippen LogP contribution < -0.4 is 0 Å². The summed E-state index contributed by atoms with van der Waals surface area (Å²) in [5, 5.41) is 10.1. The number of hydrogen-bond acceptors (Lipinski definition) is 3. The Bertz CT molecular complexity index is 445. The number of aromatic hydroxyl groups is 1. The van der Waals surface area contributed by atoms with Crippen molar-refractivity contribution in [3.8, 4) is 17.1 Å². The summed E-state index contributed by atoms with van der Waals surface area (Å²) in [7, 11) is 0. The van der Waals surface area contributed by atoms with Crippen molar-refractivity contribution in [2.45, 2.75) is 6.92 Å². The first kappa shape index (κ1) is 9.09. The molecule has 0 bridgehead atoms. The van der Waals surface area contributed by atoms with Crippen molar-refractivity contribution >= 4 is 11.6 Å². The Balaban J connectivity index is 2.68. The molecular weight excluding hydrogens is 202 g/mol. The molecule has 0 radical (unpaired) electrons. The summed E-state index contributed by atoms with van der Waals surface area (Å²) in [6, 6.07) is 4.93. The van der Waals surface area contributed by atoms with E-state index in [1.165, 1.54) is 6.39 Å². The third-order valence-corrected chi connectivity index (χ3v) is 2.28. The predicted molar refractivity (Wildman–Crippen MR) is 53.4 cm³/mol. The molecule has 0 saturated carbocycles. The molecule has 1 heterocycles. The van der Waals surface area contributed by atoms with Crippen molar-refractivity contribution in [3.63, 3.8) is 0 Å². The van der Waals surface area contributed by atoms with Crippen LogP contribution in [0.1, 0.15) is 5.69 Å². The van der Waals surface area contributed by atoms with Crippen LogP contribution in [-0.2, 0) is 0 Å². The lowest BCUT2D eigenvalue weighted by molar-refractivity contribution is 0.473. The number of oxazole rings is 1. The summed E-state index contributed by atoms with van der Waals surface area (Å²) >= 11 is 5.95. The Morgan fingerprint density at radius 3 is 2.79 bits per heavy atom. The monoisotopic (exact) mass is 209 g/mol. The van der Waals surface area contributed by atoms with Gasteiger partial charge in [-0.25, -0.2) is 4.98 Å². The van der Waals surface area contributed by atoms with Gasteiger partial charge in [0.05, 0.1) is 16.3 Å². The molecule has 0 aliphatic heterocycles. The fraction of sp³-hybridized carbons (Fsp3) is 0.100. The zero-order valence-electron chi connectivity index (χ0n) is 7.49. The van der Waals surface area contributed by atoms with Crippen LogP contribution in [0, 0.1) is 6.92 Å². The van der Waals surface area contributed by atoms with Gasteiger partial charge in [0.25, 0.3) is 0 Å². The first-order chi connectivity index (χ1) is 6.70. The van der Waals surface area contributed by atoms with Crippen LogP contribution in [0.25, 0.3) is 11.3 Å². The van der Waals surface area contributed by atoms with Gasteiger partial charge in [-0.1, -0.05) is 17.7 Å². The molecule has 1 aromatic carbocycles. The highest BCUT2D eigenvalue weighted by atomic mass is 35.5. The van der Waals surface area contributed by atoms with Gasteiger partial charge in [-0.05, 0) is 19.1 Å². The molecule has 4 heteroatoms. The summed E-state index contributed by atoms with van der Waals surface area (Å²) in [4.78, 5) is 3.94. The highest BCUT2D eigenvalue weighted by Crippen LogP contribution is 2.36. The second kappa shape index (κ2) is 3.35. The third-order valence-electron chi connectivity index (χ3n) is 1.96. The number of hydrogen-bond donors (Lipinski definition) is 1.